The third-order valence-electron chi connectivity index (χ3n) is 4.86. The van der Waals surface area contributed by atoms with Gasteiger partial charge in [0.25, 0.3) is 0 Å². The Kier molecular flexibility index (Phi) is 3.95. The number of anilines is 1. The lowest BCUT2D eigenvalue weighted by Crippen LogP contribution is -2.08. The van der Waals surface area contributed by atoms with Crippen LogP contribution >= 0.6 is 15.9 Å². The summed E-state index contributed by atoms with van der Waals surface area (Å²) in [5.74, 6) is -0.0347. The van der Waals surface area contributed by atoms with E-state index in [2.05, 4.69) is 30.9 Å². The molecule has 5 rings (SSSR count). The number of hydrogen-bond donors (Lipinski definition) is 1. The van der Waals surface area contributed by atoms with Gasteiger partial charge in [-0.25, -0.2) is 19.7 Å². The molecule has 0 atom stereocenters. The minimum absolute atomic E-state index is 0.369. The van der Waals surface area contributed by atoms with E-state index in [1.807, 2.05) is 42.5 Å². The molecular weight excluding hydrogens is 434 g/mol. The largest absolute Gasteiger partial charge is 0.419 e. The number of aryl methyl sites for hydroxylation is 1. The molecule has 5 aromatic rings. The molecule has 0 saturated heterocycles. The maximum Gasteiger partial charge on any atom is 0.419 e. The normalized spacial score (nSPS) is 11.4. The zero-order valence-electron chi connectivity index (χ0n) is 15.3. The molecule has 3 heterocycles. The third-order valence-corrected chi connectivity index (χ3v) is 5.35. The molecule has 0 bridgehead atoms. The number of aromatic nitrogens is 4. The highest BCUT2D eigenvalue weighted by molar-refractivity contribution is 9.10. The van der Waals surface area contributed by atoms with Crippen molar-refractivity contribution in [2.75, 3.05) is 5.73 Å². The second kappa shape index (κ2) is 6.52. The Bertz CT molecular complexity index is 1470. The summed E-state index contributed by atoms with van der Waals surface area (Å²) in [5, 5.41) is 0.696. The molecule has 0 aliphatic carbocycles. The molecule has 7 nitrogen and oxygen atoms in total. The lowest BCUT2D eigenvalue weighted by Gasteiger charge is -2.11. The van der Waals surface area contributed by atoms with Gasteiger partial charge in [0, 0.05) is 17.1 Å². The lowest BCUT2D eigenvalue weighted by atomic mass is 10.00. The number of nitrogens with zero attached hydrogens (tertiary/aromatic N) is 4. The van der Waals surface area contributed by atoms with Crippen molar-refractivity contribution in [3.05, 3.63) is 69.9 Å². The Hall–Kier alpha value is -3.52. The van der Waals surface area contributed by atoms with Crippen LogP contribution in [0, 0.1) is 0 Å². The van der Waals surface area contributed by atoms with Crippen molar-refractivity contribution in [3.63, 3.8) is 0 Å². The number of pyridine rings is 1. The first-order chi connectivity index (χ1) is 14.0. The molecule has 0 fully saturated rings. The summed E-state index contributed by atoms with van der Waals surface area (Å²) >= 11 is 3.52. The molecule has 0 aliphatic rings. The van der Waals surface area contributed by atoms with E-state index in [0.717, 1.165) is 26.7 Å². The van der Waals surface area contributed by atoms with Crippen LogP contribution in [0.25, 0.3) is 44.5 Å². The smallest absolute Gasteiger partial charge is 0.408 e. The average molecular weight is 448 g/mol. The summed E-state index contributed by atoms with van der Waals surface area (Å²) in [6.07, 6.45) is 1.40. The topological polar surface area (TPSA) is 99.8 Å². The SMILES string of the molecule is Cn1c(=O)oc2cc(-c3cc(-c4cccc(Br)c4)c4c(N)ncnc4n3)ccc21. The summed E-state index contributed by atoms with van der Waals surface area (Å²) in [7, 11) is 1.67. The quantitative estimate of drug-likeness (QED) is 0.436. The second-order valence-corrected chi connectivity index (χ2v) is 7.55. The maximum absolute atomic E-state index is 11.8. The number of oxazole rings is 1. The van der Waals surface area contributed by atoms with Crippen LogP contribution in [0.5, 0.6) is 0 Å². The van der Waals surface area contributed by atoms with Crippen molar-refractivity contribution in [1.82, 2.24) is 19.5 Å². The van der Waals surface area contributed by atoms with Crippen molar-refractivity contribution in [3.8, 4) is 22.4 Å². The van der Waals surface area contributed by atoms with E-state index in [1.165, 1.54) is 10.9 Å². The first-order valence-electron chi connectivity index (χ1n) is 8.78. The predicted octanol–water partition coefficient (Wildman–Crippen LogP) is 4.15. The van der Waals surface area contributed by atoms with Crippen LogP contribution in [0.3, 0.4) is 0 Å². The fourth-order valence-corrected chi connectivity index (χ4v) is 3.81. The van der Waals surface area contributed by atoms with E-state index in [0.29, 0.717) is 28.1 Å². The standard InChI is InChI=1S/C21H14BrN5O2/c1-27-16-6-5-12(8-17(16)29-21(27)28)15-9-14(11-3-2-4-13(22)7-11)18-19(23)24-10-25-20(18)26-15/h2-10H,1H3,(H2,23,24,25,26). The second-order valence-electron chi connectivity index (χ2n) is 6.63. The average Bonchev–Trinajstić information content (AvgIpc) is 3.00. The first-order valence-corrected chi connectivity index (χ1v) is 9.58. The van der Waals surface area contributed by atoms with E-state index in [9.17, 15) is 4.79 Å². The van der Waals surface area contributed by atoms with E-state index in [4.69, 9.17) is 10.2 Å². The molecular formula is C21H14BrN5O2. The highest BCUT2D eigenvalue weighted by Crippen LogP contribution is 2.35. The minimum atomic E-state index is -0.404. The van der Waals surface area contributed by atoms with Gasteiger partial charge < -0.3 is 10.2 Å². The van der Waals surface area contributed by atoms with Crippen molar-refractivity contribution in [2.45, 2.75) is 0 Å². The number of benzene rings is 2. The van der Waals surface area contributed by atoms with Gasteiger partial charge in [-0.15, -0.1) is 0 Å². The molecule has 29 heavy (non-hydrogen) atoms. The Morgan fingerprint density at radius 2 is 1.93 bits per heavy atom. The van der Waals surface area contributed by atoms with Gasteiger partial charge in [-0.05, 0) is 41.5 Å². The molecule has 142 valence electrons. The summed E-state index contributed by atoms with van der Waals surface area (Å²) in [5.41, 5.74) is 11.2. The fraction of sp³-hybridized carbons (Fsp3) is 0.0476. The molecule has 0 saturated carbocycles. The van der Waals surface area contributed by atoms with Gasteiger partial charge in [0.2, 0.25) is 0 Å². The molecule has 2 aromatic carbocycles. The molecule has 0 aliphatic heterocycles. The van der Waals surface area contributed by atoms with Gasteiger partial charge in [0.1, 0.15) is 12.1 Å². The monoisotopic (exact) mass is 447 g/mol. The van der Waals surface area contributed by atoms with E-state index < -0.39 is 5.76 Å². The number of halogens is 1. The third kappa shape index (κ3) is 2.89. The summed E-state index contributed by atoms with van der Waals surface area (Å²) < 4.78 is 7.74. The van der Waals surface area contributed by atoms with Crippen LogP contribution in [0.4, 0.5) is 5.82 Å². The van der Waals surface area contributed by atoms with E-state index >= 15 is 0 Å². The molecule has 0 unspecified atom stereocenters. The van der Waals surface area contributed by atoms with E-state index in [-0.39, 0.29) is 0 Å². The van der Waals surface area contributed by atoms with E-state index in [1.54, 1.807) is 13.1 Å². The maximum atomic E-state index is 11.8. The number of rotatable bonds is 2. The predicted molar refractivity (Wildman–Crippen MR) is 115 cm³/mol. The van der Waals surface area contributed by atoms with Crippen LogP contribution in [0.2, 0.25) is 0 Å². The molecule has 0 spiro atoms. The molecule has 8 heteroatoms. The highest BCUT2D eigenvalue weighted by Gasteiger charge is 2.15. The lowest BCUT2D eigenvalue weighted by molar-refractivity contribution is 0.528. The van der Waals surface area contributed by atoms with Crippen LogP contribution in [0.1, 0.15) is 0 Å². The van der Waals surface area contributed by atoms with Gasteiger partial charge in [-0.1, -0.05) is 34.1 Å². The van der Waals surface area contributed by atoms with Crippen LogP contribution in [-0.4, -0.2) is 19.5 Å². The van der Waals surface area contributed by atoms with Gasteiger partial charge in [-0.2, -0.15) is 0 Å². The van der Waals surface area contributed by atoms with Crippen LogP contribution < -0.4 is 11.5 Å². The summed E-state index contributed by atoms with van der Waals surface area (Å²) in [4.78, 5) is 25.0. The minimum Gasteiger partial charge on any atom is -0.408 e. The highest BCUT2D eigenvalue weighted by atomic mass is 79.9. The summed E-state index contributed by atoms with van der Waals surface area (Å²) in [6.45, 7) is 0. The van der Waals surface area contributed by atoms with Gasteiger partial charge in [0.15, 0.2) is 11.2 Å². The van der Waals surface area contributed by atoms with Crippen molar-refractivity contribution < 1.29 is 4.42 Å². The Labute approximate surface area is 173 Å². The number of hydrogen-bond acceptors (Lipinski definition) is 6. The molecule has 0 radical (unpaired) electrons. The Balaban J connectivity index is 1.80. The van der Waals surface area contributed by atoms with Crippen LogP contribution in [0.15, 0.2) is 68.5 Å². The summed E-state index contributed by atoms with van der Waals surface area (Å²) in [6, 6.07) is 15.4. The van der Waals surface area contributed by atoms with Crippen LogP contribution in [-0.2, 0) is 7.05 Å². The fourth-order valence-electron chi connectivity index (χ4n) is 3.41. The molecule has 3 aromatic heterocycles. The molecule has 0 amide bonds. The number of nitrogen functional groups attached to an aromatic ring is 1. The van der Waals surface area contributed by atoms with Gasteiger partial charge in [0.05, 0.1) is 16.6 Å². The Morgan fingerprint density at radius 1 is 1.07 bits per heavy atom. The number of nitrogens with two attached hydrogens (primary N) is 1. The van der Waals surface area contributed by atoms with Gasteiger partial charge in [-0.3, -0.25) is 4.57 Å². The van der Waals surface area contributed by atoms with Crippen molar-refractivity contribution in [2.24, 2.45) is 7.05 Å². The van der Waals surface area contributed by atoms with Crippen molar-refractivity contribution in [1.29, 1.82) is 0 Å². The van der Waals surface area contributed by atoms with Gasteiger partial charge >= 0.3 is 5.76 Å². The zero-order chi connectivity index (χ0) is 20.1. The molecule has 2 N–H and O–H groups in total. The zero-order valence-corrected chi connectivity index (χ0v) is 16.8. The first kappa shape index (κ1) is 17.6. The van der Waals surface area contributed by atoms with Crippen molar-refractivity contribution >= 4 is 43.9 Å². The number of fused-ring (bicyclic) bond motifs is 2. The Morgan fingerprint density at radius 3 is 2.76 bits per heavy atom.